The summed E-state index contributed by atoms with van der Waals surface area (Å²) in [4.78, 5) is 3.46. The summed E-state index contributed by atoms with van der Waals surface area (Å²) in [5.41, 5.74) is 1.29. The van der Waals surface area contributed by atoms with Crippen LogP contribution in [0.25, 0.3) is 10.1 Å². The molecule has 2 aromatic rings. The van der Waals surface area contributed by atoms with Crippen molar-refractivity contribution in [3.8, 4) is 0 Å². The van der Waals surface area contributed by atoms with Crippen molar-refractivity contribution in [1.82, 2.24) is 9.21 Å². The number of fused-ring (bicyclic) bond motifs is 1. The highest BCUT2D eigenvalue weighted by molar-refractivity contribution is 7.89. The Morgan fingerprint density at radius 3 is 2.71 bits per heavy atom. The van der Waals surface area contributed by atoms with E-state index in [1.807, 2.05) is 12.1 Å². The van der Waals surface area contributed by atoms with Crippen LogP contribution in [0, 0.1) is 12.8 Å². The normalized spacial score (nSPS) is 22.7. The van der Waals surface area contributed by atoms with Gasteiger partial charge in [0.2, 0.25) is 10.0 Å². The average molecular weight is 369 g/mol. The standard InChI is InChI=1S/C17H24N2O3S2/c1-12-15(14-6-4-5-7-17(14)23-12)9-19-8-13(16(20)10-19)11-24(21,22)18(2)3/h4-7,13,16,20H,8-11H2,1-3H3/t13-,16+/m0/s1. The first-order valence-electron chi connectivity index (χ1n) is 8.05. The molecule has 7 heteroatoms. The molecule has 2 heterocycles. The van der Waals surface area contributed by atoms with Crippen molar-refractivity contribution in [1.29, 1.82) is 0 Å². The van der Waals surface area contributed by atoms with Gasteiger partial charge in [-0.3, -0.25) is 4.90 Å². The molecule has 1 aromatic carbocycles. The summed E-state index contributed by atoms with van der Waals surface area (Å²) in [5.74, 6) is -0.233. The lowest BCUT2D eigenvalue weighted by molar-refractivity contribution is 0.148. The van der Waals surface area contributed by atoms with Crippen LogP contribution in [0.1, 0.15) is 10.4 Å². The molecule has 1 fully saturated rings. The first-order valence-corrected chi connectivity index (χ1v) is 10.5. The minimum atomic E-state index is -3.29. The summed E-state index contributed by atoms with van der Waals surface area (Å²) >= 11 is 1.79. The second kappa shape index (κ2) is 6.72. The van der Waals surface area contributed by atoms with Crippen LogP contribution in [0.5, 0.6) is 0 Å². The van der Waals surface area contributed by atoms with Crippen LogP contribution in [0.15, 0.2) is 24.3 Å². The van der Waals surface area contributed by atoms with Gasteiger partial charge in [0.15, 0.2) is 0 Å². The molecule has 0 amide bonds. The molecule has 0 unspecified atom stereocenters. The van der Waals surface area contributed by atoms with Crippen molar-refractivity contribution < 1.29 is 13.5 Å². The Hall–Kier alpha value is -0.990. The number of hydrogen-bond acceptors (Lipinski definition) is 5. The molecule has 5 nitrogen and oxygen atoms in total. The highest BCUT2D eigenvalue weighted by atomic mass is 32.2. The average Bonchev–Trinajstić information content (AvgIpc) is 3.00. The third kappa shape index (κ3) is 3.50. The maximum Gasteiger partial charge on any atom is 0.214 e. The lowest BCUT2D eigenvalue weighted by atomic mass is 10.1. The van der Waals surface area contributed by atoms with E-state index < -0.39 is 16.1 Å². The molecule has 1 aliphatic rings. The number of likely N-dealkylation sites (tertiary alicyclic amines) is 1. The SMILES string of the molecule is Cc1sc2ccccc2c1CN1C[C@@H](CS(=O)(=O)N(C)C)[C@H](O)C1. The maximum atomic E-state index is 12.1. The molecule has 24 heavy (non-hydrogen) atoms. The Morgan fingerprint density at radius 2 is 2.00 bits per heavy atom. The Kier molecular flexibility index (Phi) is 4.99. The van der Waals surface area contributed by atoms with Gasteiger partial charge in [0.25, 0.3) is 0 Å². The maximum absolute atomic E-state index is 12.1. The number of aliphatic hydroxyl groups is 1. The van der Waals surface area contributed by atoms with E-state index in [0.717, 1.165) is 6.54 Å². The Balaban J connectivity index is 1.74. The Morgan fingerprint density at radius 1 is 1.29 bits per heavy atom. The van der Waals surface area contributed by atoms with Crippen LogP contribution in [0.3, 0.4) is 0 Å². The van der Waals surface area contributed by atoms with Gasteiger partial charge >= 0.3 is 0 Å². The zero-order chi connectivity index (χ0) is 17.5. The van der Waals surface area contributed by atoms with E-state index in [1.54, 1.807) is 11.3 Å². The molecule has 0 bridgehead atoms. The molecule has 0 saturated carbocycles. The number of aryl methyl sites for hydroxylation is 1. The van der Waals surface area contributed by atoms with Crippen molar-refractivity contribution >= 4 is 31.4 Å². The number of nitrogens with zero attached hydrogens (tertiary/aromatic N) is 2. The van der Waals surface area contributed by atoms with Crippen LogP contribution < -0.4 is 0 Å². The lowest BCUT2D eigenvalue weighted by Gasteiger charge is -2.18. The fraction of sp³-hybridized carbons (Fsp3) is 0.529. The van der Waals surface area contributed by atoms with Gasteiger partial charge in [-0.15, -0.1) is 11.3 Å². The van der Waals surface area contributed by atoms with E-state index in [-0.39, 0.29) is 11.7 Å². The number of rotatable bonds is 5. The zero-order valence-electron chi connectivity index (χ0n) is 14.3. The summed E-state index contributed by atoms with van der Waals surface area (Å²) in [5, 5.41) is 11.6. The summed E-state index contributed by atoms with van der Waals surface area (Å²) in [6.07, 6.45) is -0.593. The number of thiophene rings is 1. The van der Waals surface area contributed by atoms with Crippen molar-refractivity contribution in [3.63, 3.8) is 0 Å². The minimum Gasteiger partial charge on any atom is -0.391 e. The van der Waals surface area contributed by atoms with Gasteiger partial charge in [-0.2, -0.15) is 0 Å². The smallest absolute Gasteiger partial charge is 0.214 e. The molecule has 0 spiro atoms. The van der Waals surface area contributed by atoms with Crippen molar-refractivity contribution in [2.45, 2.75) is 19.6 Å². The summed E-state index contributed by atoms with van der Waals surface area (Å²) in [6, 6.07) is 8.35. The Bertz CT molecular complexity index is 829. The van der Waals surface area contributed by atoms with Gasteiger partial charge in [-0.05, 0) is 23.9 Å². The highest BCUT2D eigenvalue weighted by Gasteiger charge is 2.35. The minimum absolute atomic E-state index is 0.00103. The van der Waals surface area contributed by atoms with E-state index in [2.05, 4.69) is 24.0 Å². The van der Waals surface area contributed by atoms with Crippen LogP contribution in [-0.2, 0) is 16.6 Å². The van der Waals surface area contributed by atoms with Crippen LogP contribution in [0.2, 0.25) is 0 Å². The molecule has 0 radical (unpaired) electrons. The van der Waals surface area contributed by atoms with Crippen molar-refractivity contribution in [3.05, 3.63) is 34.7 Å². The van der Waals surface area contributed by atoms with Gasteiger partial charge in [0, 0.05) is 49.2 Å². The molecular formula is C17H24N2O3S2. The van der Waals surface area contributed by atoms with Gasteiger partial charge in [-0.25, -0.2) is 12.7 Å². The second-order valence-corrected chi connectivity index (χ2v) is 10.2. The van der Waals surface area contributed by atoms with Gasteiger partial charge in [0.1, 0.15) is 0 Å². The predicted molar refractivity (Wildman–Crippen MR) is 98.8 cm³/mol. The van der Waals surface area contributed by atoms with E-state index in [4.69, 9.17) is 0 Å². The molecule has 1 saturated heterocycles. The number of sulfonamides is 1. The van der Waals surface area contributed by atoms with E-state index in [1.165, 1.54) is 38.9 Å². The first-order chi connectivity index (χ1) is 11.3. The third-order valence-electron chi connectivity index (χ3n) is 4.75. The molecule has 3 rings (SSSR count). The monoisotopic (exact) mass is 368 g/mol. The largest absolute Gasteiger partial charge is 0.391 e. The fourth-order valence-electron chi connectivity index (χ4n) is 3.30. The summed E-state index contributed by atoms with van der Waals surface area (Å²) < 4.78 is 26.7. The first kappa shape index (κ1) is 17.8. The highest BCUT2D eigenvalue weighted by Crippen LogP contribution is 2.32. The summed E-state index contributed by atoms with van der Waals surface area (Å²) in [7, 11) is -0.220. The molecule has 1 aliphatic heterocycles. The molecule has 2 atom stereocenters. The fourth-order valence-corrected chi connectivity index (χ4v) is 5.54. The van der Waals surface area contributed by atoms with E-state index >= 15 is 0 Å². The number of aliphatic hydroxyl groups excluding tert-OH is 1. The van der Waals surface area contributed by atoms with Crippen LogP contribution >= 0.6 is 11.3 Å². The second-order valence-electron chi connectivity index (χ2n) is 6.72. The molecule has 0 aliphatic carbocycles. The predicted octanol–water partition coefficient (Wildman–Crippen LogP) is 1.89. The quantitative estimate of drug-likeness (QED) is 0.876. The molecular weight excluding hydrogens is 344 g/mol. The van der Waals surface area contributed by atoms with Gasteiger partial charge in [-0.1, -0.05) is 18.2 Å². The number of hydrogen-bond donors (Lipinski definition) is 1. The van der Waals surface area contributed by atoms with Gasteiger partial charge in [0.05, 0.1) is 11.9 Å². The Labute approximate surface area is 147 Å². The summed E-state index contributed by atoms with van der Waals surface area (Å²) in [6.45, 7) is 4.01. The van der Waals surface area contributed by atoms with E-state index in [9.17, 15) is 13.5 Å². The van der Waals surface area contributed by atoms with Crippen molar-refractivity contribution in [2.75, 3.05) is 32.9 Å². The number of β-amino-alcohol motifs (C(OH)–C–C–N with tert-alkyl or cyclic N) is 1. The van der Waals surface area contributed by atoms with Crippen LogP contribution in [0.4, 0.5) is 0 Å². The van der Waals surface area contributed by atoms with E-state index in [0.29, 0.717) is 13.1 Å². The molecule has 132 valence electrons. The van der Waals surface area contributed by atoms with Crippen molar-refractivity contribution in [2.24, 2.45) is 5.92 Å². The van der Waals surface area contributed by atoms with Gasteiger partial charge < -0.3 is 5.11 Å². The molecule has 1 aromatic heterocycles. The third-order valence-corrected chi connectivity index (χ3v) is 7.84. The van der Waals surface area contributed by atoms with Crippen LogP contribution in [-0.4, -0.2) is 61.8 Å². The lowest BCUT2D eigenvalue weighted by Crippen LogP contribution is -2.33. The zero-order valence-corrected chi connectivity index (χ0v) is 15.9. The number of benzene rings is 1. The topological polar surface area (TPSA) is 60.9 Å². The molecule has 1 N–H and O–H groups in total.